The van der Waals surface area contributed by atoms with Gasteiger partial charge in [0.05, 0.1) is 19.3 Å². The van der Waals surface area contributed by atoms with Crippen LogP contribution in [-0.2, 0) is 14.8 Å². The molecule has 1 fully saturated rings. The van der Waals surface area contributed by atoms with Crippen molar-refractivity contribution in [3.8, 4) is 0 Å². The molecule has 9 heteroatoms. The lowest BCUT2D eigenvalue weighted by molar-refractivity contribution is -0.0515. The molecule has 2 atom stereocenters. The molecule has 0 saturated carbocycles. The summed E-state index contributed by atoms with van der Waals surface area (Å²) in [4.78, 5) is 10.8. The number of carboxylic acid groups (broad SMARTS) is 1. The molecule has 1 aromatic rings. The fourth-order valence-electron chi connectivity index (χ4n) is 1.93. The second-order valence-electron chi connectivity index (χ2n) is 4.49. The van der Waals surface area contributed by atoms with Crippen molar-refractivity contribution in [2.45, 2.75) is 23.3 Å². The minimum absolute atomic E-state index is 0.0136. The standard InChI is InChI=1S/C11H15NO6S2/c1-7-6-18-8(5-13)4-12(7)20(16,17)10-3-2-9(19-10)11(14)15/h2-3,7-8,13H,4-6H2,1H3,(H,14,15). The SMILES string of the molecule is CC1COC(CO)CN1S(=O)(=O)c1ccc(C(=O)O)s1. The normalized spacial score (nSPS) is 24.7. The maximum atomic E-state index is 12.5. The van der Waals surface area contributed by atoms with Crippen LogP contribution in [-0.4, -0.2) is 60.8 Å². The Kier molecular flexibility index (Phi) is 4.45. The van der Waals surface area contributed by atoms with Crippen LogP contribution in [0.1, 0.15) is 16.6 Å². The van der Waals surface area contributed by atoms with Gasteiger partial charge < -0.3 is 14.9 Å². The molecular formula is C11H15NO6S2. The number of carbonyl (C=O) groups is 1. The van der Waals surface area contributed by atoms with Crippen molar-refractivity contribution in [3.05, 3.63) is 17.0 Å². The number of hydrogen-bond donors (Lipinski definition) is 2. The number of morpholine rings is 1. The summed E-state index contributed by atoms with van der Waals surface area (Å²) in [7, 11) is -3.77. The average molecular weight is 321 g/mol. The second-order valence-corrected chi connectivity index (χ2v) is 7.69. The molecule has 0 bridgehead atoms. The Hall–Kier alpha value is -1.00. The first-order chi connectivity index (χ1) is 9.36. The lowest BCUT2D eigenvalue weighted by Gasteiger charge is -2.35. The number of thiophene rings is 1. The van der Waals surface area contributed by atoms with E-state index in [1.165, 1.54) is 16.4 Å². The number of carboxylic acids is 1. The van der Waals surface area contributed by atoms with Crippen molar-refractivity contribution in [3.63, 3.8) is 0 Å². The molecule has 2 N–H and O–H groups in total. The Morgan fingerprint density at radius 3 is 2.80 bits per heavy atom. The third-order valence-electron chi connectivity index (χ3n) is 3.01. The zero-order valence-electron chi connectivity index (χ0n) is 10.7. The number of hydrogen-bond acceptors (Lipinski definition) is 6. The van der Waals surface area contributed by atoms with Crippen molar-refractivity contribution in [1.29, 1.82) is 0 Å². The van der Waals surface area contributed by atoms with E-state index in [1.54, 1.807) is 6.92 Å². The Labute approximate surface area is 120 Å². The highest BCUT2D eigenvalue weighted by molar-refractivity contribution is 7.91. The van der Waals surface area contributed by atoms with Crippen molar-refractivity contribution in [2.24, 2.45) is 0 Å². The highest BCUT2D eigenvalue weighted by atomic mass is 32.2. The maximum Gasteiger partial charge on any atom is 0.345 e. The molecule has 0 spiro atoms. The summed E-state index contributed by atoms with van der Waals surface area (Å²) in [5.74, 6) is -1.15. The van der Waals surface area contributed by atoms with E-state index in [0.717, 1.165) is 11.3 Å². The lowest BCUT2D eigenvalue weighted by atomic mass is 10.2. The maximum absolute atomic E-state index is 12.5. The first-order valence-electron chi connectivity index (χ1n) is 5.93. The van der Waals surface area contributed by atoms with Gasteiger partial charge in [0.15, 0.2) is 0 Å². The molecule has 7 nitrogen and oxygen atoms in total. The number of aliphatic hydroxyl groups excluding tert-OH is 1. The molecule has 0 aromatic carbocycles. The van der Waals surface area contributed by atoms with E-state index in [-0.39, 0.29) is 34.9 Å². The lowest BCUT2D eigenvalue weighted by Crippen LogP contribution is -2.51. The van der Waals surface area contributed by atoms with E-state index < -0.39 is 22.1 Å². The predicted octanol–water partition coefficient (Wildman–Crippen LogP) is 0.217. The van der Waals surface area contributed by atoms with Crippen LogP contribution in [0.2, 0.25) is 0 Å². The van der Waals surface area contributed by atoms with Gasteiger partial charge in [-0.3, -0.25) is 0 Å². The number of nitrogens with zero attached hydrogens (tertiary/aromatic N) is 1. The van der Waals surface area contributed by atoms with Crippen molar-refractivity contribution >= 4 is 27.3 Å². The smallest absolute Gasteiger partial charge is 0.345 e. The molecular weight excluding hydrogens is 306 g/mol. The van der Waals surface area contributed by atoms with E-state index >= 15 is 0 Å². The molecule has 1 aliphatic heterocycles. The van der Waals surface area contributed by atoms with Crippen LogP contribution in [0, 0.1) is 0 Å². The third-order valence-corrected chi connectivity index (χ3v) is 6.53. The van der Waals surface area contributed by atoms with Crippen molar-refractivity contribution in [1.82, 2.24) is 4.31 Å². The molecule has 1 saturated heterocycles. The van der Waals surface area contributed by atoms with Crippen LogP contribution >= 0.6 is 11.3 Å². The predicted molar refractivity (Wildman–Crippen MR) is 71.5 cm³/mol. The summed E-state index contributed by atoms with van der Waals surface area (Å²) < 4.78 is 31.5. The Morgan fingerprint density at radius 2 is 2.25 bits per heavy atom. The van der Waals surface area contributed by atoms with Crippen LogP contribution in [0.5, 0.6) is 0 Å². The zero-order valence-corrected chi connectivity index (χ0v) is 12.4. The van der Waals surface area contributed by atoms with Gasteiger partial charge in [0.2, 0.25) is 0 Å². The first kappa shape index (κ1) is 15.4. The van der Waals surface area contributed by atoms with Gasteiger partial charge in [-0.1, -0.05) is 0 Å². The molecule has 0 radical (unpaired) electrons. The minimum Gasteiger partial charge on any atom is -0.477 e. The van der Waals surface area contributed by atoms with E-state index in [1.807, 2.05) is 0 Å². The summed E-state index contributed by atoms with van der Waals surface area (Å²) >= 11 is 0.720. The Bertz CT molecular complexity index is 596. The topological polar surface area (TPSA) is 104 Å². The summed E-state index contributed by atoms with van der Waals surface area (Å²) in [5.41, 5.74) is 0. The molecule has 2 heterocycles. The number of aromatic carboxylic acids is 1. The number of rotatable bonds is 4. The summed E-state index contributed by atoms with van der Waals surface area (Å²) in [6.07, 6.45) is -0.556. The molecule has 112 valence electrons. The highest BCUT2D eigenvalue weighted by Gasteiger charge is 2.36. The highest BCUT2D eigenvalue weighted by Crippen LogP contribution is 2.28. The monoisotopic (exact) mass is 321 g/mol. The van der Waals surface area contributed by atoms with Gasteiger partial charge >= 0.3 is 5.97 Å². The second kappa shape index (κ2) is 5.78. The summed E-state index contributed by atoms with van der Waals surface area (Å²) in [6, 6.07) is 2.20. The largest absolute Gasteiger partial charge is 0.477 e. The zero-order chi connectivity index (χ0) is 14.9. The van der Waals surface area contributed by atoms with Crippen molar-refractivity contribution < 1.29 is 28.2 Å². The van der Waals surface area contributed by atoms with Gasteiger partial charge in [0.25, 0.3) is 10.0 Å². The fourth-order valence-corrected chi connectivity index (χ4v) is 4.85. The van der Waals surface area contributed by atoms with Crippen LogP contribution in [0.15, 0.2) is 16.3 Å². The van der Waals surface area contributed by atoms with E-state index in [2.05, 4.69) is 0 Å². The van der Waals surface area contributed by atoms with Crippen molar-refractivity contribution in [2.75, 3.05) is 19.8 Å². The number of aliphatic hydroxyl groups is 1. The molecule has 1 aromatic heterocycles. The number of ether oxygens (including phenoxy) is 1. The fraction of sp³-hybridized carbons (Fsp3) is 0.545. The Morgan fingerprint density at radius 1 is 1.55 bits per heavy atom. The molecule has 20 heavy (non-hydrogen) atoms. The van der Waals surface area contributed by atoms with Gasteiger partial charge in [0.1, 0.15) is 9.09 Å². The molecule has 0 aliphatic carbocycles. The first-order valence-corrected chi connectivity index (χ1v) is 8.19. The summed E-state index contributed by atoms with van der Waals surface area (Å²) in [6.45, 7) is 1.70. The van der Waals surface area contributed by atoms with Crippen LogP contribution in [0.4, 0.5) is 0 Å². The third kappa shape index (κ3) is 2.86. The minimum atomic E-state index is -3.77. The number of sulfonamides is 1. The Balaban J connectivity index is 2.30. The molecule has 1 aliphatic rings. The van der Waals surface area contributed by atoms with Crippen LogP contribution in [0.3, 0.4) is 0 Å². The summed E-state index contributed by atoms with van der Waals surface area (Å²) in [5, 5.41) is 17.9. The molecule has 2 rings (SSSR count). The van der Waals surface area contributed by atoms with E-state index in [4.69, 9.17) is 14.9 Å². The van der Waals surface area contributed by atoms with E-state index in [0.29, 0.717) is 0 Å². The van der Waals surface area contributed by atoms with Crippen LogP contribution in [0.25, 0.3) is 0 Å². The van der Waals surface area contributed by atoms with Gasteiger partial charge in [-0.05, 0) is 19.1 Å². The van der Waals surface area contributed by atoms with Gasteiger partial charge in [-0.15, -0.1) is 11.3 Å². The van der Waals surface area contributed by atoms with Gasteiger partial charge in [0, 0.05) is 12.6 Å². The van der Waals surface area contributed by atoms with Crippen LogP contribution < -0.4 is 0 Å². The average Bonchev–Trinajstić information content (AvgIpc) is 2.89. The van der Waals surface area contributed by atoms with Gasteiger partial charge in [-0.25, -0.2) is 13.2 Å². The molecule has 2 unspecified atom stereocenters. The van der Waals surface area contributed by atoms with E-state index in [9.17, 15) is 13.2 Å². The molecule has 0 amide bonds. The van der Waals surface area contributed by atoms with Gasteiger partial charge in [-0.2, -0.15) is 4.31 Å². The quantitative estimate of drug-likeness (QED) is 0.822.